The van der Waals surface area contributed by atoms with E-state index < -0.39 is 11.7 Å². The SMILES string of the molecule is N#Cc1ccc(/C=C2\CN(Cc3ccccc3)C(=O)C2=O)cc1. The van der Waals surface area contributed by atoms with Crippen LogP contribution in [0.25, 0.3) is 6.08 Å². The van der Waals surface area contributed by atoms with E-state index in [4.69, 9.17) is 5.26 Å². The zero-order chi connectivity index (χ0) is 16.2. The number of rotatable bonds is 3. The minimum Gasteiger partial charge on any atom is -0.327 e. The Morgan fingerprint density at radius 2 is 1.74 bits per heavy atom. The second-order valence-corrected chi connectivity index (χ2v) is 5.38. The Hall–Kier alpha value is -3.19. The van der Waals surface area contributed by atoms with Gasteiger partial charge in [0.15, 0.2) is 0 Å². The van der Waals surface area contributed by atoms with Crippen LogP contribution in [0.4, 0.5) is 0 Å². The molecule has 0 aromatic heterocycles. The van der Waals surface area contributed by atoms with Crippen molar-refractivity contribution in [2.45, 2.75) is 6.54 Å². The number of benzene rings is 2. The summed E-state index contributed by atoms with van der Waals surface area (Å²) in [5.74, 6) is -0.918. The van der Waals surface area contributed by atoms with Crippen LogP contribution in [0.1, 0.15) is 16.7 Å². The van der Waals surface area contributed by atoms with Crippen LogP contribution in [-0.2, 0) is 16.1 Å². The Kier molecular flexibility index (Phi) is 4.03. The maximum Gasteiger partial charge on any atom is 0.295 e. The standard InChI is InChI=1S/C19H14N2O2/c20-11-15-8-6-14(7-9-15)10-17-13-21(19(23)18(17)22)12-16-4-2-1-3-5-16/h1-10H,12-13H2/b17-10+. The molecule has 0 aliphatic carbocycles. The van der Waals surface area contributed by atoms with E-state index in [2.05, 4.69) is 0 Å². The summed E-state index contributed by atoms with van der Waals surface area (Å²) in [7, 11) is 0. The van der Waals surface area contributed by atoms with Crippen LogP contribution in [0.5, 0.6) is 0 Å². The van der Waals surface area contributed by atoms with Crippen molar-refractivity contribution in [3.05, 3.63) is 76.9 Å². The Bertz CT molecular complexity index is 815. The first kappa shape index (κ1) is 14.7. The third-order valence-corrected chi connectivity index (χ3v) is 3.73. The van der Waals surface area contributed by atoms with Gasteiger partial charge < -0.3 is 4.90 Å². The summed E-state index contributed by atoms with van der Waals surface area (Å²) in [4.78, 5) is 25.8. The Labute approximate surface area is 134 Å². The van der Waals surface area contributed by atoms with E-state index >= 15 is 0 Å². The van der Waals surface area contributed by atoms with Gasteiger partial charge in [0.2, 0.25) is 5.78 Å². The summed E-state index contributed by atoms with van der Waals surface area (Å²) in [6, 6.07) is 18.6. The number of hydrogen-bond acceptors (Lipinski definition) is 3. The molecule has 4 heteroatoms. The summed E-state index contributed by atoms with van der Waals surface area (Å²) in [5, 5.41) is 8.79. The molecule has 2 aromatic rings. The van der Waals surface area contributed by atoms with Crippen molar-refractivity contribution in [3.63, 3.8) is 0 Å². The molecule has 4 nitrogen and oxygen atoms in total. The Morgan fingerprint density at radius 3 is 2.39 bits per heavy atom. The van der Waals surface area contributed by atoms with Crippen molar-refractivity contribution in [2.75, 3.05) is 6.54 Å². The molecule has 0 bridgehead atoms. The van der Waals surface area contributed by atoms with E-state index in [1.165, 1.54) is 0 Å². The topological polar surface area (TPSA) is 61.2 Å². The molecule has 2 aromatic carbocycles. The molecule has 1 aliphatic rings. The van der Waals surface area contributed by atoms with Crippen molar-refractivity contribution in [3.8, 4) is 6.07 Å². The number of Topliss-reactive ketones (excluding diaryl/α,β-unsaturated/α-hetero) is 1. The van der Waals surface area contributed by atoms with Crippen LogP contribution in [-0.4, -0.2) is 23.1 Å². The largest absolute Gasteiger partial charge is 0.327 e. The minimum atomic E-state index is -0.464. The number of carbonyl (C=O) groups is 2. The average molecular weight is 302 g/mol. The molecule has 1 heterocycles. The summed E-state index contributed by atoms with van der Waals surface area (Å²) < 4.78 is 0. The molecule has 112 valence electrons. The number of carbonyl (C=O) groups excluding carboxylic acids is 2. The van der Waals surface area contributed by atoms with E-state index in [0.717, 1.165) is 11.1 Å². The first-order valence-corrected chi connectivity index (χ1v) is 7.25. The molecule has 1 amide bonds. The van der Waals surface area contributed by atoms with Crippen LogP contribution in [0.15, 0.2) is 60.2 Å². The van der Waals surface area contributed by atoms with Gasteiger partial charge in [0.25, 0.3) is 5.91 Å². The van der Waals surface area contributed by atoms with Crippen LogP contribution >= 0.6 is 0 Å². The summed E-state index contributed by atoms with van der Waals surface area (Å²) in [6.07, 6.45) is 1.71. The smallest absolute Gasteiger partial charge is 0.295 e. The van der Waals surface area contributed by atoms with Crippen LogP contribution in [0.3, 0.4) is 0 Å². The molecule has 3 rings (SSSR count). The van der Waals surface area contributed by atoms with Gasteiger partial charge in [-0.15, -0.1) is 0 Å². The summed E-state index contributed by atoms with van der Waals surface area (Å²) in [5.41, 5.74) is 2.84. The quantitative estimate of drug-likeness (QED) is 0.646. The molecular weight excluding hydrogens is 288 g/mol. The molecule has 23 heavy (non-hydrogen) atoms. The van der Waals surface area contributed by atoms with Crippen molar-refractivity contribution in [2.24, 2.45) is 0 Å². The third-order valence-electron chi connectivity index (χ3n) is 3.73. The van der Waals surface area contributed by atoms with Crippen molar-refractivity contribution >= 4 is 17.8 Å². The fourth-order valence-corrected chi connectivity index (χ4v) is 2.53. The lowest BCUT2D eigenvalue weighted by Gasteiger charge is -2.13. The molecule has 1 saturated heterocycles. The van der Waals surface area contributed by atoms with E-state index in [9.17, 15) is 9.59 Å². The van der Waals surface area contributed by atoms with Gasteiger partial charge >= 0.3 is 0 Å². The lowest BCUT2D eigenvalue weighted by molar-refractivity contribution is -0.139. The minimum absolute atomic E-state index is 0.312. The number of hydrogen-bond donors (Lipinski definition) is 0. The Balaban J connectivity index is 1.79. The lowest BCUT2D eigenvalue weighted by Crippen LogP contribution is -2.26. The molecular formula is C19H14N2O2. The highest BCUT2D eigenvalue weighted by Gasteiger charge is 2.33. The number of amides is 1. The fourth-order valence-electron chi connectivity index (χ4n) is 2.53. The van der Waals surface area contributed by atoms with Gasteiger partial charge in [0.1, 0.15) is 0 Å². The number of nitriles is 1. The van der Waals surface area contributed by atoms with E-state index in [1.807, 2.05) is 36.4 Å². The number of ketones is 1. The first-order valence-electron chi connectivity index (χ1n) is 7.25. The monoisotopic (exact) mass is 302 g/mol. The van der Waals surface area contributed by atoms with Crippen LogP contribution in [0, 0.1) is 11.3 Å². The van der Waals surface area contributed by atoms with Crippen molar-refractivity contribution in [1.29, 1.82) is 5.26 Å². The van der Waals surface area contributed by atoms with Crippen molar-refractivity contribution in [1.82, 2.24) is 4.90 Å². The molecule has 0 spiro atoms. The summed E-state index contributed by atoms with van der Waals surface area (Å²) >= 11 is 0. The normalized spacial score (nSPS) is 16.0. The average Bonchev–Trinajstić information content (AvgIpc) is 2.84. The highest BCUT2D eigenvalue weighted by molar-refractivity contribution is 6.45. The lowest BCUT2D eigenvalue weighted by atomic mass is 10.1. The highest BCUT2D eigenvalue weighted by Crippen LogP contribution is 2.19. The predicted octanol–water partition coefficient (Wildman–Crippen LogP) is 2.55. The molecule has 1 aliphatic heterocycles. The zero-order valence-electron chi connectivity index (χ0n) is 12.4. The van der Waals surface area contributed by atoms with Crippen LogP contribution < -0.4 is 0 Å². The molecule has 0 atom stereocenters. The number of likely N-dealkylation sites (tertiary alicyclic amines) is 1. The molecule has 0 radical (unpaired) electrons. The third kappa shape index (κ3) is 3.19. The van der Waals surface area contributed by atoms with Gasteiger partial charge in [0.05, 0.1) is 18.2 Å². The second kappa shape index (κ2) is 6.29. The Morgan fingerprint density at radius 1 is 1.04 bits per heavy atom. The van der Waals surface area contributed by atoms with E-state index in [-0.39, 0.29) is 0 Å². The second-order valence-electron chi connectivity index (χ2n) is 5.38. The van der Waals surface area contributed by atoms with Gasteiger partial charge in [-0.1, -0.05) is 42.5 Å². The van der Waals surface area contributed by atoms with Gasteiger partial charge in [-0.05, 0) is 29.3 Å². The van der Waals surface area contributed by atoms with Gasteiger partial charge in [-0.25, -0.2) is 0 Å². The van der Waals surface area contributed by atoms with Gasteiger partial charge in [0, 0.05) is 12.1 Å². The zero-order valence-corrected chi connectivity index (χ0v) is 12.4. The maximum absolute atomic E-state index is 12.1. The predicted molar refractivity (Wildman–Crippen MR) is 86.0 cm³/mol. The molecule has 0 N–H and O–H groups in total. The van der Waals surface area contributed by atoms with Crippen LogP contribution in [0.2, 0.25) is 0 Å². The highest BCUT2D eigenvalue weighted by atomic mass is 16.2. The van der Waals surface area contributed by atoms with E-state index in [1.54, 1.807) is 35.2 Å². The summed E-state index contributed by atoms with van der Waals surface area (Å²) in [6.45, 7) is 0.739. The molecule has 0 saturated carbocycles. The number of nitrogens with zero attached hydrogens (tertiary/aromatic N) is 2. The fraction of sp³-hybridized carbons (Fsp3) is 0.105. The van der Waals surface area contributed by atoms with Gasteiger partial charge in [-0.2, -0.15) is 5.26 Å². The first-order chi connectivity index (χ1) is 11.2. The van der Waals surface area contributed by atoms with Gasteiger partial charge in [-0.3, -0.25) is 9.59 Å². The molecule has 1 fully saturated rings. The van der Waals surface area contributed by atoms with Crippen molar-refractivity contribution < 1.29 is 9.59 Å². The molecule has 0 unspecified atom stereocenters. The maximum atomic E-state index is 12.1. The van der Waals surface area contributed by atoms with E-state index in [0.29, 0.717) is 24.2 Å².